The van der Waals surface area contributed by atoms with Gasteiger partial charge in [-0.25, -0.2) is 0 Å². The lowest BCUT2D eigenvalue weighted by Gasteiger charge is -2.25. The first kappa shape index (κ1) is 15.4. The largest absolute Gasteiger partial charge is 0.366 e. The number of hydrogen-bond donors (Lipinski definition) is 2. The zero-order valence-corrected chi connectivity index (χ0v) is 12.4. The Morgan fingerprint density at radius 3 is 2.43 bits per heavy atom. The maximum absolute atomic E-state index is 11.2. The Kier molecular flexibility index (Phi) is 5.20. The summed E-state index contributed by atoms with van der Waals surface area (Å²) in [5, 5.41) is 0.496. The second-order valence-electron chi connectivity index (χ2n) is 4.73. The molecule has 21 heavy (non-hydrogen) atoms. The fraction of sp³-hybridized carbons (Fsp3) is 0.188. The van der Waals surface area contributed by atoms with E-state index in [1.54, 1.807) is 18.2 Å². The number of nitrogens with two attached hydrogens (primary N) is 2. The Morgan fingerprint density at radius 1 is 1.14 bits per heavy atom. The van der Waals surface area contributed by atoms with E-state index in [2.05, 4.69) is 17.0 Å². The Labute approximate surface area is 129 Å². The SMILES string of the molecule is NCCN(Cc1ccccc1)c1ccc(C(N)=O)cc1Cl. The zero-order valence-electron chi connectivity index (χ0n) is 11.6. The summed E-state index contributed by atoms with van der Waals surface area (Å²) >= 11 is 6.28. The molecule has 2 aromatic rings. The fourth-order valence-electron chi connectivity index (χ4n) is 2.16. The van der Waals surface area contributed by atoms with Crippen LogP contribution in [0.2, 0.25) is 5.02 Å². The molecule has 5 heteroatoms. The molecule has 0 spiro atoms. The second kappa shape index (κ2) is 7.11. The Hall–Kier alpha value is -2.04. The molecule has 0 bridgehead atoms. The first-order valence-electron chi connectivity index (χ1n) is 6.70. The van der Waals surface area contributed by atoms with E-state index in [1.807, 2.05) is 18.2 Å². The van der Waals surface area contributed by atoms with E-state index in [0.29, 0.717) is 30.2 Å². The molecule has 0 radical (unpaired) electrons. The zero-order chi connectivity index (χ0) is 15.2. The van der Waals surface area contributed by atoms with Gasteiger partial charge in [-0.2, -0.15) is 0 Å². The summed E-state index contributed by atoms with van der Waals surface area (Å²) in [5.74, 6) is -0.489. The average Bonchev–Trinajstić information content (AvgIpc) is 2.48. The molecule has 0 saturated heterocycles. The third-order valence-corrected chi connectivity index (χ3v) is 3.49. The highest BCUT2D eigenvalue weighted by molar-refractivity contribution is 6.33. The van der Waals surface area contributed by atoms with E-state index in [-0.39, 0.29) is 0 Å². The maximum Gasteiger partial charge on any atom is 0.248 e. The third-order valence-electron chi connectivity index (χ3n) is 3.19. The van der Waals surface area contributed by atoms with E-state index in [0.717, 1.165) is 5.69 Å². The summed E-state index contributed by atoms with van der Waals surface area (Å²) in [7, 11) is 0. The number of carbonyl (C=O) groups excluding carboxylic acids is 1. The lowest BCUT2D eigenvalue weighted by Crippen LogP contribution is -2.29. The number of benzene rings is 2. The van der Waals surface area contributed by atoms with Gasteiger partial charge < -0.3 is 16.4 Å². The van der Waals surface area contributed by atoms with Crippen molar-refractivity contribution in [2.24, 2.45) is 11.5 Å². The predicted octanol–water partition coefficient (Wildman–Crippen LogP) is 2.40. The van der Waals surface area contributed by atoms with Crippen molar-refractivity contribution in [3.8, 4) is 0 Å². The number of hydrogen-bond acceptors (Lipinski definition) is 3. The van der Waals surface area contributed by atoms with Crippen molar-refractivity contribution in [2.45, 2.75) is 6.54 Å². The molecule has 0 aliphatic carbocycles. The highest BCUT2D eigenvalue weighted by Crippen LogP contribution is 2.28. The first-order chi connectivity index (χ1) is 10.1. The third kappa shape index (κ3) is 3.97. The predicted molar refractivity (Wildman–Crippen MR) is 86.5 cm³/mol. The molecular formula is C16H18ClN3O. The minimum atomic E-state index is -0.489. The molecule has 2 aromatic carbocycles. The molecule has 0 atom stereocenters. The average molecular weight is 304 g/mol. The highest BCUT2D eigenvalue weighted by Gasteiger charge is 2.12. The van der Waals surface area contributed by atoms with Crippen molar-refractivity contribution in [3.63, 3.8) is 0 Å². The van der Waals surface area contributed by atoms with Gasteiger partial charge in [-0.3, -0.25) is 4.79 Å². The fourth-order valence-corrected chi connectivity index (χ4v) is 2.46. The lowest BCUT2D eigenvalue weighted by molar-refractivity contribution is 0.100. The quantitative estimate of drug-likeness (QED) is 0.860. The molecule has 110 valence electrons. The van der Waals surface area contributed by atoms with Gasteiger partial charge >= 0.3 is 0 Å². The van der Waals surface area contributed by atoms with Crippen LogP contribution in [0.25, 0.3) is 0 Å². The Morgan fingerprint density at radius 2 is 1.86 bits per heavy atom. The topological polar surface area (TPSA) is 72.3 Å². The van der Waals surface area contributed by atoms with Crippen molar-refractivity contribution in [1.29, 1.82) is 0 Å². The number of halogens is 1. The van der Waals surface area contributed by atoms with Gasteiger partial charge in [-0.05, 0) is 23.8 Å². The van der Waals surface area contributed by atoms with Gasteiger partial charge in [0.1, 0.15) is 0 Å². The molecule has 0 unspecified atom stereocenters. The summed E-state index contributed by atoms with van der Waals surface area (Å²) in [5.41, 5.74) is 13.4. The Bertz CT molecular complexity index is 616. The normalized spacial score (nSPS) is 10.4. The van der Waals surface area contributed by atoms with Crippen LogP contribution in [0.15, 0.2) is 48.5 Å². The molecule has 0 fully saturated rings. The van der Waals surface area contributed by atoms with Gasteiger partial charge in [0.2, 0.25) is 5.91 Å². The van der Waals surface area contributed by atoms with Crippen LogP contribution in [-0.4, -0.2) is 19.0 Å². The molecular weight excluding hydrogens is 286 g/mol. The summed E-state index contributed by atoms with van der Waals surface area (Å²) in [6, 6.07) is 15.1. The second-order valence-corrected chi connectivity index (χ2v) is 5.13. The number of carbonyl (C=O) groups is 1. The van der Waals surface area contributed by atoms with E-state index in [4.69, 9.17) is 23.1 Å². The van der Waals surface area contributed by atoms with Gasteiger partial charge in [-0.1, -0.05) is 41.9 Å². The van der Waals surface area contributed by atoms with Crippen molar-refractivity contribution in [3.05, 3.63) is 64.7 Å². The number of primary amides is 1. The minimum absolute atomic E-state index is 0.399. The minimum Gasteiger partial charge on any atom is -0.366 e. The van der Waals surface area contributed by atoms with Crippen molar-refractivity contribution in [2.75, 3.05) is 18.0 Å². The number of anilines is 1. The van der Waals surface area contributed by atoms with Gasteiger partial charge in [0.05, 0.1) is 10.7 Å². The summed E-state index contributed by atoms with van der Waals surface area (Å²) in [6.07, 6.45) is 0. The van der Waals surface area contributed by atoms with Crippen LogP contribution in [0.3, 0.4) is 0 Å². The Balaban J connectivity index is 2.27. The molecule has 0 aliphatic heterocycles. The molecule has 4 N–H and O–H groups in total. The van der Waals surface area contributed by atoms with Crippen molar-refractivity contribution >= 4 is 23.2 Å². The van der Waals surface area contributed by atoms with Crippen LogP contribution >= 0.6 is 11.6 Å². The van der Waals surface area contributed by atoms with E-state index in [1.165, 1.54) is 5.56 Å². The molecule has 0 saturated carbocycles. The van der Waals surface area contributed by atoms with Crippen LogP contribution < -0.4 is 16.4 Å². The van der Waals surface area contributed by atoms with Gasteiger partial charge in [-0.15, -0.1) is 0 Å². The van der Waals surface area contributed by atoms with E-state index < -0.39 is 5.91 Å². The van der Waals surface area contributed by atoms with Gasteiger partial charge in [0, 0.05) is 25.2 Å². The molecule has 2 rings (SSSR count). The molecule has 0 aromatic heterocycles. The number of amides is 1. The number of rotatable bonds is 6. The van der Waals surface area contributed by atoms with E-state index >= 15 is 0 Å². The summed E-state index contributed by atoms with van der Waals surface area (Å²) < 4.78 is 0. The van der Waals surface area contributed by atoms with Crippen molar-refractivity contribution < 1.29 is 4.79 Å². The van der Waals surface area contributed by atoms with Crippen LogP contribution in [-0.2, 0) is 6.54 Å². The van der Waals surface area contributed by atoms with Gasteiger partial charge in [0.25, 0.3) is 0 Å². The molecule has 1 amide bonds. The first-order valence-corrected chi connectivity index (χ1v) is 7.08. The molecule has 0 aliphatic rings. The van der Waals surface area contributed by atoms with Crippen LogP contribution in [0.1, 0.15) is 15.9 Å². The lowest BCUT2D eigenvalue weighted by atomic mass is 10.1. The molecule has 4 nitrogen and oxygen atoms in total. The van der Waals surface area contributed by atoms with E-state index in [9.17, 15) is 4.79 Å². The monoisotopic (exact) mass is 303 g/mol. The van der Waals surface area contributed by atoms with Gasteiger partial charge in [0.15, 0.2) is 0 Å². The van der Waals surface area contributed by atoms with Crippen LogP contribution in [0, 0.1) is 0 Å². The van der Waals surface area contributed by atoms with Crippen LogP contribution in [0.5, 0.6) is 0 Å². The standard InChI is InChI=1S/C16H18ClN3O/c17-14-10-13(16(19)21)6-7-15(14)20(9-8-18)11-12-4-2-1-3-5-12/h1-7,10H,8-9,11,18H2,(H2,19,21). The van der Waals surface area contributed by atoms with Crippen LogP contribution in [0.4, 0.5) is 5.69 Å². The highest BCUT2D eigenvalue weighted by atomic mass is 35.5. The maximum atomic E-state index is 11.2. The molecule has 0 heterocycles. The smallest absolute Gasteiger partial charge is 0.248 e. The number of nitrogens with zero attached hydrogens (tertiary/aromatic N) is 1. The van der Waals surface area contributed by atoms with Crippen molar-refractivity contribution in [1.82, 2.24) is 0 Å². The summed E-state index contributed by atoms with van der Waals surface area (Å²) in [4.78, 5) is 13.3. The summed E-state index contributed by atoms with van der Waals surface area (Å²) in [6.45, 7) is 1.89.